The Morgan fingerprint density at radius 1 is 1.36 bits per heavy atom. The molecule has 9 heteroatoms. The maximum atomic E-state index is 11.8. The third kappa shape index (κ3) is 4.30. The molecule has 9 nitrogen and oxygen atoms in total. The monoisotopic (exact) mass is 344 g/mol. The zero-order valence-corrected chi connectivity index (χ0v) is 13.1. The van der Waals surface area contributed by atoms with Crippen LogP contribution in [-0.2, 0) is 4.79 Å². The van der Waals surface area contributed by atoms with E-state index in [0.717, 1.165) is 12.3 Å². The van der Waals surface area contributed by atoms with E-state index < -0.39 is 28.4 Å². The SMILES string of the molecule is COc1cc(C=NNC(=O)C(O)c2ccccc2)cc([N+](=O)[O-])c1[O-]. The molecule has 0 fully saturated rings. The molecule has 2 aromatic carbocycles. The maximum absolute atomic E-state index is 11.8. The number of carbonyl (C=O) groups excluding carboxylic acids is 1. The van der Waals surface area contributed by atoms with Crippen molar-refractivity contribution >= 4 is 17.8 Å². The number of carbonyl (C=O) groups is 1. The van der Waals surface area contributed by atoms with E-state index in [0.29, 0.717) is 5.56 Å². The van der Waals surface area contributed by atoms with E-state index in [2.05, 4.69) is 10.5 Å². The van der Waals surface area contributed by atoms with Gasteiger partial charge in [-0.1, -0.05) is 30.3 Å². The van der Waals surface area contributed by atoms with Crippen molar-refractivity contribution in [3.63, 3.8) is 0 Å². The predicted molar refractivity (Wildman–Crippen MR) is 86.2 cm³/mol. The Kier molecular flexibility index (Phi) is 5.64. The summed E-state index contributed by atoms with van der Waals surface area (Å²) in [4.78, 5) is 21.9. The number of nitro benzene ring substituents is 1. The molecule has 1 amide bonds. The van der Waals surface area contributed by atoms with E-state index in [9.17, 15) is 25.1 Å². The first-order valence-electron chi connectivity index (χ1n) is 7.03. The number of aliphatic hydroxyl groups is 1. The Hall–Kier alpha value is -3.46. The first kappa shape index (κ1) is 17.9. The first-order chi connectivity index (χ1) is 11.9. The second kappa shape index (κ2) is 7.88. The lowest BCUT2D eigenvalue weighted by atomic mass is 10.1. The van der Waals surface area contributed by atoms with E-state index in [1.807, 2.05) is 0 Å². The molecule has 0 aromatic heterocycles. The number of rotatable bonds is 6. The van der Waals surface area contributed by atoms with Gasteiger partial charge in [-0.15, -0.1) is 0 Å². The van der Waals surface area contributed by atoms with E-state index in [1.54, 1.807) is 30.3 Å². The molecule has 130 valence electrons. The number of nitrogens with zero attached hydrogens (tertiary/aromatic N) is 2. The van der Waals surface area contributed by atoms with Crippen LogP contribution < -0.4 is 15.3 Å². The van der Waals surface area contributed by atoms with Gasteiger partial charge in [0, 0.05) is 17.4 Å². The highest BCUT2D eigenvalue weighted by Gasteiger charge is 2.16. The van der Waals surface area contributed by atoms with E-state index in [1.165, 1.54) is 13.2 Å². The Labute approximate surface area is 142 Å². The van der Waals surface area contributed by atoms with Crippen LogP contribution in [0.4, 0.5) is 5.69 Å². The van der Waals surface area contributed by atoms with Crippen molar-refractivity contribution in [3.05, 3.63) is 63.7 Å². The number of hydrogen-bond donors (Lipinski definition) is 2. The van der Waals surface area contributed by atoms with Crippen molar-refractivity contribution in [2.24, 2.45) is 5.10 Å². The number of nitrogens with one attached hydrogen (secondary N) is 1. The molecular weight excluding hydrogens is 330 g/mol. The number of benzene rings is 2. The van der Waals surface area contributed by atoms with Gasteiger partial charge in [0.1, 0.15) is 5.75 Å². The summed E-state index contributed by atoms with van der Waals surface area (Å²) < 4.78 is 4.79. The highest BCUT2D eigenvalue weighted by Crippen LogP contribution is 2.33. The van der Waals surface area contributed by atoms with Crippen molar-refractivity contribution in [3.8, 4) is 11.5 Å². The third-order valence-corrected chi connectivity index (χ3v) is 3.23. The standard InChI is InChI=1S/C16H15N3O6/c1-25-13-8-10(7-12(15(13)21)19(23)24)9-17-18-16(22)14(20)11-5-3-2-4-6-11/h2-9,14,20-21H,1H3,(H,18,22)/p-1. The zero-order chi connectivity index (χ0) is 18.4. The lowest BCUT2D eigenvalue weighted by molar-refractivity contribution is -0.398. The van der Waals surface area contributed by atoms with Crippen LogP contribution in [0.2, 0.25) is 0 Å². The van der Waals surface area contributed by atoms with E-state index in [4.69, 9.17) is 4.74 Å². The number of methoxy groups -OCH3 is 1. The summed E-state index contributed by atoms with van der Waals surface area (Å²) in [6, 6.07) is 10.5. The number of amides is 1. The van der Waals surface area contributed by atoms with Gasteiger partial charge in [0.2, 0.25) is 0 Å². The smallest absolute Gasteiger partial charge is 0.273 e. The minimum atomic E-state index is -1.41. The van der Waals surface area contributed by atoms with E-state index >= 15 is 0 Å². The summed E-state index contributed by atoms with van der Waals surface area (Å²) in [6.07, 6.45) is -0.309. The second-order valence-electron chi connectivity index (χ2n) is 4.88. The Bertz CT molecular complexity index is 807. The number of hydrogen-bond acceptors (Lipinski definition) is 7. The van der Waals surface area contributed by atoms with Crippen LogP contribution in [0.3, 0.4) is 0 Å². The number of ether oxygens (including phenoxy) is 1. The minimum absolute atomic E-state index is 0.178. The molecular formula is C16H14N3O6-. The fourth-order valence-electron chi connectivity index (χ4n) is 1.99. The van der Waals surface area contributed by atoms with Gasteiger partial charge in [-0.05, 0) is 11.6 Å². The van der Waals surface area contributed by atoms with Gasteiger partial charge in [0.15, 0.2) is 6.10 Å². The molecule has 0 aliphatic heterocycles. The summed E-state index contributed by atoms with van der Waals surface area (Å²) in [5.74, 6) is -1.84. The average Bonchev–Trinajstić information content (AvgIpc) is 2.62. The molecule has 0 saturated heterocycles. The zero-order valence-electron chi connectivity index (χ0n) is 13.1. The molecule has 0 bridgehead atoms. The number of aliphatic hydroxyl groups excluding tert-OH is 1. The van der Waals surface area contributed by atoms with Crippen molar-refractivity contribution < 1.29 is 24.7 Å². The summed E-state index contributed by atoms with van der Waals surface area (Å²) in [5.41, 5.74) is 2.02. The second-order valence-corrected chi connectivity index (χ2v) is 4.88. The highest BCUT2D eigenvalue weighted by molar-refractivity contribution is 5.86. The van der Waals surface area contributed by atoms with Crippen molar-refractivity contribution in [1.82, 2.24) is 5.43 Å². The van der Waals surface area contributed by atoms with Crippen molar-refractivity contribution in [2.45, 2.75) is 6.10 Å². The largest absolute Gasteiger partial charge is 0.865 e. The van der Waals surface area contributed by atoms with Crippen molar-refractivity contribution in [1.29, 1.82) is 0 Å². The molecule has 25 heavy (non-hydrogen) atoms. The van der Waals surface area contributed by atoms with Gasteiger partial charge in [0.25, 0.3) is 11.6 Å². The lowest BCUT2D eigenvalue weighted by Crippen LogP contribution is -2.25. The Morgan fingerprint density at radius 3 is 2.64 bits per heavy atom. The third-order valence-electron chi connectivity index (χ3n) is 3.23. The van der Waals surface area contributed by atoms with Crippen LogP contribution in [0.15, 0.2) is 47.6 Å². The molecule has 0 aliphatic rings. The molecule has 1 atom stereocenters. The highest BCUT2D eigenvalue weighted by atomic mass is 16.6. The molecule has 0 radical (unpaired) electrons. The number of hydrazone groups is 1. The predicted octanol–water partition coefficient (Wildman–Crippen LogP) is 0.861. The van der Waals surface area contributed by atoms with Gasteiger partial charge in [-0.25, -0.2) is 5.43 Å². The van der Waals surface area contributed by atoms with Gasteiger partial charge in [-0.3, -0.25) is 14.9 Å². The first-order valence-corrected chi connectivity index (χ1v) is 7.03. The molecule has 0 aliphatic carbocycles. The van der Waals surface area contributed by atoms with Gasteiger partial charge < -0.3 is 14.9 Å². The van der Waals surface area contributed by atoms with Crippen LogP contribution in [-0.4, -0.2) is 29.3 Å². The molecule has 0 spiro atoms. The lowest BCUT2D eigenvalue weighted by Gasteiger charge is -2.13. The summed E-state index contributed by atoms with van der Waals surface area (Å²) in [5, 5.41) is 36.1. The molecule has 1 unspecified atom stereocenters. The normalized spacial score (nSPS) is 11.9. The molecule has 2 aromatic rings. The van der Waals surface area contributed by atoms with Gasteiger partial charge in [-0.2, -0.15) is 5.10 Å². The summed E-state index contributed by atoms with van der Waals surface area (Å²) >= 11 is 0. The molecule has 2 N–H and O–H groups in total. The van der Waals surface area contributed by atoms with Crippen LogP contribution in [0, 0.1) is 10.1 Å². The molecule has 0 heterocycles. The molecule has 2 rings (SSSR count). The molecule has 0 saturated carbocycles. The van der Waals surface area contributed by atoms with Gasteiger partial charge >= 0.3 is 0 Å². The summed E-state index contributed by atoms with van der Waals surface area (Å²) in [7, 11) is 1.21. The van der Waals surface area contributed by atoms with Crippen molar-refractivity contribution in [2.75, 3.05) is 7.11 Å². The Morgan fingerprint density at radius 2 is 2.04 bits per heavy atom. The minimum Gasteiger partial charge on any atom is -0.865 e. The topological polar surface area (TPSA) is 137 Å². The average molecular weight is 344 g/mol. The van der Waals surface area contributed by atoms with Crippen LogP contribution >= 0.6 is 0 Å². The van der Waals surface area contributed by atoms with Crippen LogP contribution in [0.5, 0.6) is 11.5 Å². The maximum Gasteiger partial charge on any atom is 0.273 e. The fraction of sp³-hybridized carbons (Fsp3) is 0.125. The van der Waals surface area contributed by atoms with Crippen LogP contribution in [0.25, 0.3) is 0 Å². The summed E-state index contributed by atoms with van der Waals surface area (Å²) in [6.45, 7) is 0. The fourth-order valence-corrected chi connectivity index (χ4v) is 1.99. The quantitative estimate of drug-likeness (QED) is 0.453. The van der Waals surface area contributed by atoms with Crippen LogP contribution in [0.1, 0.15) is 17.2 Å². The number of nitro groups is 1. The Balaban J connectivity index is 2.13. The van der Waals surface area contributed by atoms with Gasteiger partial charge in [0.05, 0.1) is 18.2 Å². The van der Waals surface area contributed by atoms with E-state index in [-0.39, 0.29) is 11.3 Å².